The second kappa shape index (κ2) is 6.94. The maximum Gasteiger partial charge on any atom is 0.324 e. The van der Waals surface area contributed by atoms with E-state index in [2.05, 4.69) is 11.8 Å². The monoisotopic (exact) mass is 291 g/mol. The Bertz CT molecular complexity index is 489. The Kier molecular flexibility index (Phi) is 5.23. The van der Waals surface area contributed by atoms with Crippen LogP contribution in [0.4, 0.5) is 0 Å². The summed E-state index contributed by atoms with van der Waals surface area (Å²) in [5.74, 6) is 0.179. The number of hydrogen-bond acceptors (Lipinski definition) is 3. The van der Waals surface area contributed by atoms with E-state index in [-0.39, 0.29) is 0 Å². The topological polar surface area (TPSA) is 49.8 Å². The lowest BCUT2D eigenvalue weighted by molar-refractivity contribution is -0.150. The van der Waals surface area contributed by atoms with E-state index >= 15 is 0 Å². The Morgan fingerprint density at radius 1 is 1.38 bits per heavy atom. The summed E-state index contributed by atoms with van der Waals surface area (Å²) in [6.07, 6.45) is 3.28. The van der Waals surface area contributed by atoms with Gasteiger partial charge in [-0.05, 0) is 38.8 Å². The SMILES string of the molecule is CCCC1(C(=O)O)CCCN1Cc1ccccc1OCC. The predicted molar refractivity (Wildman–Crippen MR) is 82.5 cm³/mol. The van der Waals surface area contributed by atoms with Gasteiger partial charge in [0.1, 0.15) is 11.3 Å². The van der Waals surface area contributed by atoms with Crippen LogP contribution < -0.4 is 4.74 Å². The quantitative estimate of drug-likeness (QED) is 0.837. The molecule has 1 saturated heterocycles. The molecule has 1 aromatic rings. The van der Waals surface area contributed by atoms with Gasteiger partial charge in [0.25, 0.3) is 0 Å². The molecule has 0 saturated carbocycles. The van der Waals surface area contributed by atoms with Gasteiger partial charge in [0, 0.05) is 12.1 Å². The van der Waals surface area contributed by atoms with E-state index in [9.17, 15) is 9.90 Å². The van der Waals surface area contributed by atoms with Crippen molar-refractivity contribution in [2.24, 2.45) is 0 Å². The van der Waals surface area contributed by atoms with E-state index < -0.39 is 11.5 Å². The van der Waals surface area contributed by atoms with Crippen LogP contribution in [-0.4, -0.2) is 34.7 Å². The second-order valence-corrected chi connectivity index (χ2v) is 5.65. The highest BCUT2D eigenvalue weighted by Gasteiger charge is 2.46. The molecule has 1 atom stereocenters. The summed E-state index contributed by atoms with van der Waals surface area (Å²) in [6, 6.07) is 7.92. The molecule has 0 bridgehead atoms. The molecule has 1 fully saturated rings. The molecule has 2 rings (SSSR count). The lowest BCUT2D eigenvalue weighted by atomic mass is 9.90. The Balaban J connectivity index is 2.23. The van der Waals surface area contributed by atoms with Crippen LogP contribution in [0, 0.1) is 0 Å². The fourth-order valence-corrected chi connectivity index (χ4v) is 3.35. The molecule has 0 aromatic heterocycles. The number of likely N-dealkylation sites (tertiary alicyclic amines) is 1. The number of benzene rings is 1. The maximum absolute atomic E-state index is 11.9. The van der Waals surface area contributed by atoms with Crippen molar-refractivity contribution in [2.45, 2.75) is 51.6 Å². The molecule has 0 amide bonds. The van der Waals surface area contributed by atoms with Gasteiger partial charge in [0.2, 0.25) is 0 Å². The summed E-state index contributed by atoms with van der Waals surface area (Å²) < 4.78 is 5.66. The minimum Gasteiger partial charge on any atom is -0.494 e. The van der Waals surface area contributed by atoms with Gasteiger partial charge in [-0.25, -0.2) is 0 Å². The zero-order chi connectivity index (χ0) is 15.3. The van der Waals surface area contributed by atoms with Gasteiger partial charge in [-0.3, -0.25) is 9.69 Å². The fraction of sp³-hybridized carbons (Fsp3) is 0.588. The van der Waals surface area contributed by atoms with Crippen molar-refractivity contribution < 1.29 is 14.6 Å². The van der Waals surface area contributed by atoms with Crippen LogP contribution in [0.5, 0.6) is 5.75 Å². The van der Waals surface area contributed by atoms with Crippen LogP contribution in [-0.2, 0) is 11.3 Å². The minimum absolute atomic E-state index is 0.621. The summed E-state index contributed by atoms with van der Waals surface area (Å²) in [5.41, 5.74) is 0.372. The van der Waals surface area contributed by atoms with Gasteiger partial charge in [-0.1, -0.05) is 31.5 Å². The molecule has 21 heavy (non-hydrogen) atoms. The smallest absolute Gasteiger partial charge is 0.324 e. The number of hydrogen-bond donors (Lipinski definition) is 1. The van der Waals surface area contributed by atoms with Gasteiger partial charge < -0.3 is 9.84 Å². The van der Waals surface area contributed by atoms with Gasteiger partial charge in [0.05, 0.1) is 6.61 Å². The summed E-state index contributed by atoms with van der Waals surface area (Å²) in [4.78, 5) is 14.0. The highest BCUT2D eigenvalue weighted by molar-refractivity contribution is 5.79. The number of aliphatic carboxylic acids is 1. The van der Waals surface area contributed by atoms with Crippen molar-refractivity contribution in [1.29, 1.82) is 0 Å². The lowest BCUT2D eigenvalue weighted by Gasteiger charge is -2.35. The first-order valence-corrected chi connectivity index (χ1v) is 7.83. The molecule has 0 spiro atoms. The molecule has 1 aromatic carbocycles. The lowest BCUT2D eigenvalue weighted by Crippen LogP contribution is -2.50. The molecule has 1 unspecified atom stereocenters. The average molecular weight is 291 g/mol. The Morgan fingerprint density at radius 2 is 2.14 bits per heavy atom. The number of carboxylic acid groups (broad SMARTS) is 1. The summed E-state index contributed by atoms with van der Waals surface area (Å²) >= 11 is 0. The van der Waals surface area contributed by atoms with E-state index in [1.807, 2.05) is 31.2 Å². The Morgan fingerprint density at radius 3 is 2.81 bits per heavy atom. The number of nitrogens with zero attached hydrogens (tertiary/aromatic N) is 1. The molecular weight excluding hydrogens is 266 g/mol. The van der Waals surface area contributed by atoms with E-state index in [1.165, 1.54) is 0 Å². The van der Waals surface area contributed by atoms with Crippen LogP contribution in [0.1, 0.15) is 45.1 Å². The van der Waals surface area contributed by atoms with Crippen LogP contribution >= 0.6 is 0 Å². The zero-order valence-electron chi connectivity index (χ0n) is 13.0. The molecule has 4 nitrogen and oxygen atoms in total. The van der Waals surface area contributed by atoms with Gasteiger partial charge >= 0.3 is 5.97 Å². The molecule has 1 heterocycles. The van der Waals surface area contributed by atoms with E-state index in [0.717, 1.165) is 37.1 Å². The molecule has 116 valence electrons. The first-order chi connectivity index (χ1) is 10.1. The average Bonchev–Trinajstić information content (AvgIpc) is 2.86. The normalized spacial score (nSPS) is 22.4. The molecule has 1 N–H and O–H groups in total. The van der Waals surface area contributed by atoms with Crippen LogP contribution in [0.25, 0.3) is 0 Å². The van der Waals surface area contributed by atoms with E-state index in [4.69, 9.17) is 4.74 Å². The summed E-state index contributed by atoms with van der Waals surface area (Å²) in [6.45, 7) is 6.12. The van der Waals surface area contributed by atoms with Crippen molar-refractivity contribution in [3.8, 4) is 5.75 Å². The molecule has 0 aliphatic carbocycles. The second-order valence-electron chi connectivity index (χ2n) is 5.65. The standard InChI is InChI=1S/C17H25NO3/c1-3-10-17(16(19)20)11-7-12-18(17)13-14-8-5-6-9-15(14)21-4-2/h5-6,8-9H,3-4,7,10-13H2,1-2H3,(H,19,20). The van der Waals surface area contributed by atoms with Crippen LogP contribution in [0.2, 0.25) is 0 Å². The molecule has 4 heteroatoms. The number of carbonyl (C=O) groups is 1. The first-order valence-electron chi connectivity index (χ1n) is 7.83. The van der Waals surface area contributed by atoms with Crippen LogP contribution in [0.15, 0.2) is 24.3 Å². The Labute approximate surface area is 126 Å². The van der Waals surface area contributed by atoms with Crippen molar-refractivity contribution in [1.82, 2.24) is 4.90 Å². The maximum atomic E-state index is 11.9. The largest absolute Gasteiger partial charge is 0.494 e. The van der Waals surface area contributed by atoms with Gasteiger partial charge in [-0.2, -0.15) is 0 Å². The first kappa shape index (κ1) is 15.8. The summed E-state index contributed by atoms with van der Waals surface area (Å²) in [5, 5.41) is 9.74. The molecular formula is C17H25NO3. The fourth-order valence-electron chi connectivity index (χ4n) is 3.35. The third-order valence-corrected chi connectivity index (χ3v) is 4.32. The molecule has 1 aliphatic rings. The van der Waals surface area contributed by atoms with Crippen molar-refractivity contribution >= 4 is 5.97 Å². The molecule has 1 aliphatic heterocycles. The predicted octanol–water partition coefficient (Wildman–Crippen LogP) is 3.30. The zero-order valence-corrected chi connectivity index (χ0v) is 13.0. The van der Waals surface area contributed by atoms with E-state index in [1.54, 1.807) is 0 Å². The van der Waals surface area contributed by atoms with E-state index in [0.29, 0.717) is 19.6 Å². The highest BCUT2D eigenvalue weighted by atomic mass is 16.5. The summed E-state index contributed by atoms with van der Waals surface area (Å²) in [7, 11) is 0. The number of carboxylic acids is 1. The van der Waals surface area contributed by atoms with Gasteiger partial charge in [-0.15, -0.1) is 0 Å². The van der Waals surface area contributed by atoms with Crippen molar-refractivity contribution in [3.05, 3.63) is 29.8 Å². The highest BCUT2D eigenvalue weighted by Crippen LogP contribution is 2.36. The number of para-hydroxylation sites is 1. The molecule has 0 radical (unpaired) electrons. The van der Waals surface area contributed by atoms with Gasteiger partial charge in [0.15, 0.2) is 0 Å². The Hall–Kier alpha value is -1.55. The van der Waals surface area contributed by atoms with Crippen molar-refractivity contribution in [3.63, 3.8) is 0 Å². The third-order valence-electron chi connectivity index (χ3n) is 4.32. The van der Waals surface area contributed by atoms with Crippen LogP contribution in [0.3, 0.4) is 0 Å². The van der Waals surface area contributed by atoms with Crippen molar-refractivity contribution in [2.75, 3.05) is 13.2 Å². The minimum atomic E-state index is -0.700. The number of rotatable bonds is 7. The third kappa shape index (κ3) is 3.21. The number of ether oxygens (including phenoxy) is 1.